The zero-order valence-electron chi connectivity index (χ0n) is 12.6. The smallest absolute Gasteiger partial charge is 0.124 e. The van der Waals surface area contributed by atoms with E-state index in [4.69, 9.17) is 19.6 Å². The number of furan rings is 1. The zero-order chi connectivity index (χ0) is 14.9. The Kier molecular flexibility index (Phi) is 4.04. The van der Waals surface area contributed by atoms with Crippen LogP contribution in [-0.4, -0.2) is 14.2 Å². The molecule has 4 heteroatoms. The molecule has 4 nitrogen and oxygen atoms in total. The molecule has 0 bridgehead atoms. The van der Waals surface area contributed by atoms with Gasteiger partial charge in [0.25, 0.3) is 0 Å². The molecule has 2 aromatic rings. The van der Waals surface area contributed by atoms with Crippen molar-refractivity contribution in [1.29, 1.82) is 0 Å². The highest BCUT2D eigenvalue weighted by molar-refractivity contribution is 5.48. The molecule has 0 aliphatic heterocycles. The number of hydrogen-bond acceptors (Lipinski definition) is 4. The maximum Gasteiger partial charge on any atom is 0.124 e. The van der Waals surface area contributed by atoms with Gasteiger partial charge in [-0.2, -0.15) is 0 Å². The fraction of sp³-hybridized carbons (Fsp3) is 0.375. The average molecular weight is 275 g/mol. The lowest BCUT2D eigenvalue weighted by molar-refractivity contribution is 0.397. The fourth-order valence-corrected chi connectivity index (χ4v) is 2.51. The molecule has 1 heterocycles. The summed E-state index contributed by atoms with van der Waals surface area (Å²) in [5.41, 5.74) is 9.42. The van der Waals surface area contributed by atoms with Gasteiger partial charge < -0.3 is 19.6 Å². The van der Waals surface area contributed by atoms with Crippen molar-refractivity contribution in [3.8, 4) is 11.5 Å². The molecule has 0 aliphatic carbocycles. The van der Waals surface area contributed by atoms with Gasteiger partial charge in [0, 0.05) is 11.1 Å². The number of nitrogens with two attached hydrogens (primary N) is 1. The first-order valence-corrected chi connectivity index (χ1v) is 6.53. The molecular formula is C16H21NO3. The number of aryl methyl sites for hydroxylation is 2. The van der Waals surface area contributed by atoms with Crippen molar-refractivity contribution in [3.63, 3.8) is 0 Å². The van der Waals surface area contributed by atoms with Crippen molar-refractivity contribution in [1.82, 2.24) is 0 Å². The molecule has 0 amide bonds. The minimum atomic E-state index is -0.308. The maximum absolute atomic E-state index is 6.44. The van der Waals surface area contributed by atoms with Gasteiger partial charge in [0.2, 0.25) is 0 Å². The predicted molar refractivity (Wildman–Crippen MR) is 78.5 cm³/mol. The minimum absolute atomic E-state index is 0.308. The molecule has 0 spiro atoms. The van der Waals surface area contributed by atoms with Gasteiger partial charge >= 0.3 is 0 Å². The second-order valence-electron chi connectivity index (χ2n) is 4.84. The Labute approximate surface area is 119 Å². The molecule has 0 saturated carbocycles. The molecule has 1 aromatic heterocycles. The second-order valence-corrected chi connectivity index (χ2v) is 4.84. The van der Waals surface area contributed by atoms with Gasteiger partial charge in [-0.15, -0.1) is 0 Å². The summed E-state index contributed by atoms with van der Waals surface area (Å²) in [5.74, 6) is 3.25. The minimum Gasteiger partial charge on any atom is -0.497 e. The Morgan fingerprint density at radius 1 is 1.05 bits per heavy atom. The first kappa shape index (κ1) is 14.5. The lowest BCUT2D eigenvalue weighted by Gasteiger charge is -2.17. The summed E-state index contributed by atoms with van der Waals surface area (Å²) in [5, 5.41) is 0. The van der Waals surface area contributed by atoms with Crippen LogP contribution in [0.2, 0.25) is 0 Å². The number of methoxy groups -OCH3 is 2. The first-order chi connectivity index (χ1) is 9.49. The van der Waals surface area contributed by atoms with E-state index in [-0.39, 0.29) is 6.04 Å². The summed E-state index contributed by atoms with van der Waals surface area (Å²) in [7, 11) is 3.27. The monoisotopic (exact) mass is 275 g/mol. The quantitative estimate of drug-likeness (QED) is 0.930. The SMILES string of the molecule is COc1ccc(OC)c(C(N)c2c(C)oc(C)c2C)c1. The molecule has 0 fully saturated rings. The van der Waals surface area contributed by atoms with Gasteiger partial charge in [-0.05, 0) is 44.5 Å². The third-order valence-electron chi connectivity index (χ3n) is 3.70. The molecule has 1 unspecified atom stereocenters. The molecule has 2 N–H and O–H groups in total. The number of hydrogen-bond donors (Lipinski definition) is 1. The van der Waals surface area contributed by atoms with Crippen LogP contribution in [0, 0.1) is 20.8 Å². The number of rotatable bonds is 4. The van der Waals surface area contributed by atoms with Gasteiger partial charge in [0.1, 0.15) is 23.0 Å². The van der Waals surface area contributed by atoms with Crippen molar-refractivity contribution in [2.24, 2.45) is 5.73 Å². The molecular weight excluding hydrogens is 254 g/mol. The van der Waals surface area contributed by atoms with E-state index in [1.54, 1.807) is 14.2 Å². The second kappa shape index (κ2) is 5.59. The Balaban J connectivity index is 2.54. The van der Waals surface area contributed by atoms with Gasteiger partial charge in [-0.1, -0.05) is 0 Å². The van der Waals surface area contributed by atoms with Gasteiger partial charge in [0.15, 0.2) is 0 Å². The van der Waals surface area contributed by atoms with Crippen LogP contribution < -0.4 is 15.2 Å². The highest BCUT2D eigenvalue weighted by Gasteiger charge is 2.22. The summed E-state index contributed by atoms with van der Waals surface area (Å²) >= 11 is 0. The van der Waals surface area contributed by atoms with Crippen LogP contribution in [0.1, 0.15) is 34.3 Å². The third-order valence-corrected chi connectivity index (χ3v) is 3.70. The van der Waals surface area contributed by atoms with E-state index in [2.05, 4.69) is 0 Å². The van der Waals surface area contributed by atoms with Crippen LogP contribution in [0.3, 0.4) is 0 Å². The summed E-state index contributed by atoms with van der Waals surface area (Å²) in [6, 6.07) is 5.32. The molecule has 20 heavy (non-hydrogen) atoms. The largest absolute Gasteiger partial charge is 0.497 e. The van der Waals surface area contributed by atoms with Crippen LogP contribution in [0.25, 0.3) is 0 Å². The van der Waals surface area contributed by atoms with Crippen LogP contribution >= 0.6 is 0 Å². The third kappa shape index (κ3) is 2.39. The summed E-state index contributed by atoms with van der Waals surface area (Å²) in [4.78, 5) is 0. The highest BCUT2D eigenvalue weighted by Crippen LogP contribution is 2.35. The van der Waals surface area contributed by atoms with Crippen molar-refractivity contribution >= 4 is 0 Å². The number of ether oxygens (including phenoxy) is 2. The van der Waals surface area contributed by atoms with Gasteiger partial charge in [-0.3, -0.25) is 0 Å². The van der Waals surface area contributed by atoms with Crippen LogP contribution in [-0.2, 0) is 0 Å². The van der Waals surface area contributed by atoms with Crippen LogP contribution in [0.15, 0.2) is 22.6 Å². The van der Waals surface area contributed by atoms with E-state index in [1.165, 1.54) is 0 Å². The molecule has 1 aromatic carbocycles. The van der Waals surface area contributed by atoms with E-state index in [0.29, 0.717) is 0 Å². The Bertz CT molecular complexity index is 616. The van der Waals surface area contributed by atoms with E-state index in [1.807, 2.05) is 39.0 Å². The summed E-state index contributed by atoms with van der Waals surface area (Å²) in [6.07, 6.45) is 0. The van der Waals surface area contributed by atoms with E-state index in [9.17, 15) is 0 Å². The lowest BCUT2D eigenvalue weighted by atomic mass is 9.95. The van der Waals surface area contributed by atoms with E-state index < -0.39 is 0 Å². The Morgan fingerprint density at radius 3 is 2.25 bits per heavy atom. The number of benzene rings is 1. The van der Waals surface area contributed by atoms with Crippen molar-refractivity contribution in [2.45, 2.75) is 26.8 Å². The normalized spacial score (nSPS) is 12.3. The van der Waals surface area contributed by atoms with Crippen molar-refractivity contribution in [2.75, 3.05) is 14.2 Å². The van der Waals surface area contributed by atoms with Gasteiger partial charge in [-0.25, -0.2) is 0 Å². The van der Waals surface area contributed by atoms with E-state index in [0.717, 1.165) is 39.7 Å². The standard InChI is InChI=1S/C16H21NO3/c1-9-10(2)20-11(3)15(9)16(17)13-8-12(18-4)6-7-14(13)19-5/h6-8,16H,17H2,1-5H3. The summed E-state index contributed by atoms with van der Waals surface area (Å²) in [6.45, 7) is 5.90. The zero-order valence-corrected chi connectivity index (χ0v) is 12.6. The fourth-order valence-electron chi connectivity index (χ4n) is 2.51. The predicted octanol–water partition coefficient (Wildman–Crippen LogP) is 3.27. The maximum atomic E-state index is 6.44. The lowest BCUT2D eigenvalue weighted by Crippen LogP contribution is -2.14. The van der Waals surface area contributed by atoms with Crippen molar-refractivity contribution < 1.29 is 13.9 Å². The molecule has 1 atom stereocenters. The first-order valence-electron chi connectivity index (χ1n) is 6.53. The molecule has 0 aliphatic rings. The molecule has 0 radical (unpaired) electrons. The van der Waals surface area contributed by atoms with Crippen LogP contribution in [0.4, 0.5) is 0 Å². The molecule has 108 valence electrons. The molecule has 2 rings (SSSR count). The average Bonchev–Trinajstić information content (AvgIpc) is 2.70. The Morgan fingerprint density at radius 2 is 1.75 bits per heavy atom. The molecule has 0 saturated heterocycles. The highest BCUT2D eigenvalue weighted by atomic mass is 16.5. The van der Waals surface area contributed by atoms with Gasteiger partial charge in [0.05, 0.1) is 20.3 Å². The van der Waals surface area contributed by atoms with Crippen molar-refractivity contribution in [3.05, 3.63) is 46.4 Å². The topological polar surface area (TPSA) is 57.6 Å². The van der Waals surface area contributed by atoms with E-state index >= 15 is 0 Å². The van der Waals surface area contributed by atoms with Crippen LogP contribution in [0.5, 0.6) is 11.5 Å². The summed E-state index contributed by atoms with van der Waals surface area (Å²) < 4.78 is 16.3. The Hall–Kier alpha value is -1.94.